The van der Waals surface area contributed by atoms with E-state index < -0.39 is 0 Å². The summed E-state index contributed by atoms with van der Waals surface area (Å²) in [5.41, 5.74) is 0. The van der Waals surface area contributed by atoms with E-state index >= 15 is 0 Å². The molecule has 2 atom stereocenters. The predicted octanol–water partition coefficient (Wildman–Crippen LogP) is 0.295. The molecule has 0 bridgehead atoms. The maximum Gasteiger partial charge on any atom is 0.170 e. The average Bonchev–Trinajstić information content (AvgIpc) is 2.33. The molecule has 0 aliphatic carbocycles. The molecule has 2 rings (SSSR count). The van der Waals surface area contributed by atoms with Crippen LogP contribution in [0.15, 0.2) is 9.98 Å². The van der Waals surface area contributed by atoms with E-state index in [1.807, 2.05) is 6.21 Å². The Labute approximate surface area is 53.5 Å². The van der Waals surface area contributed by atoms with Gasteiger partial charge < -0.3 is 4.74 Å². The Morgan fingerprint density at radius 3 is 3.56 bits per heavy atom. The van der Waals surface area contributed by atoms with Crippen molar-refractivity contribution in [3.05, 3.63) is 6.54 Å². The third kappa shape index (κ3) is 0.724. The summed E-state index contributed by atoms with van der Waals surface area (Å²) in [7, 11) is 0. The van der Waals surface area contributed by atoms with Gasteiger partial charge in [0.05, 0.1) is 6.04 Å². The van der Waals surface area contributed by atoms with E-state index in [4.69, 9.17) is 4.74 Å². The van der Waals surface area contributed by atoms with Gasteiger partial charge >= 0.3 is 0 Å². The minimum Gasteiger partial charge on any atom is -0.475 e. The van der Waals surface area contributed by atoms with Crippen LogP contribution in [0.3, 0.4) is 0 Å². The van der Waals surface area contributed by atoms with Crippen LogP contribution in [-0.4, -0.2) is 24.8 Å². The van der Waals surface area contributed by atoms with Gasteiger partial charge in [0.15, 0.2) is 19.0 Å². The number of fused-ring (bicyclic) bond motifs is 1. The summed E-state index contributed by atoms with van der Waals surface area (Å²) in [6.07, 6.45) is 4.17. The van der Waals surface area contributed by atoms with E-state index in [1.165, 1.54) is 6.40 Å². The lowest BCUT2D eigenvalue weighted by Crippen LogP contribution is -2.25. The normalized spacial score (nSPS) is 38.2. The minimum atomic E-state index is -0.00463. The summed E-state index contributed by atoms with van der Waals surface area (Å²) in [4.78, 5) is 7.90. The highest BCUT2D eigenvalue weighted by atomic mass is 16.5. The molecule has 0 saturated carbocycles. The largest absolute Gasteiger partial charge is 0.475 e. The first kappa shape index (κ1) is 4.97. The highest BCUT2D eigenvalue weighted by Crippen LogP contribution is 2.18. The summed E-state index contributed by atoms with van der Waals surface area (Å²) in [5, 5.41) is 0. The Bertz CT molecular complexity index is 164. The summed E-state index contributed by atoms with van der Waals surface area (Å²) in [6.45, 7) is 2.80. The van der Waals surface area contributed by atoms with Gasteiger partial charge in [0.25, 0.3) is 0 Å². The molecule has 0 N–H and O–H groups in total. The molecule has 3 heteroatoms. The van der Waals surface area contributed by atoms with Crippen molar-refractivity contribution in [2.75, 3.05) is 0 Å². The van der Waals surface area contributed by atoms with Crippen molar-refractivity contribution in [2.24, 2.45) is 9.98 Å². The molecule has 0 amide bonds. The van der Waals surface area contributed by atoms with E-state index in [9.17, 15) is 0 Å². The Balaban J connectivity index is 2.13. The molecule has 3 nitrogen and oxygen atoms in total. The van der Waals surface area contributed by atoms with Crippen LogP contribution in [0.2, 0.25) is 0 Å². The van der Waals surface area contributed by atoms with E-state index in [0.29, 0.717) is 0 Å². The molecule has 2 aliphatic heterocycles. The first-order chi connectivity index (χ1) is 4.47. The van der Waals surface area contributed by atoms with Crippen LogP contribution in [0.5, 0.6) is 0 Å². The molecule has 2 unspecified atom stereocenters. The van der Waals surface area contributed by atoms with Gasteiger partial charge in [-0.3, -0.25) is 9.98 Å². The number of aliphatic imine (C=N–C) groups is 2. The smallest absolute Gasteiger partial charge is 0.170 e. The summed E-state index contributed by atoms with van der Waals surface area (Å²) in [5.74, 6) is 0. The zero-order chi connectivity index (χ0) is 6.10. The third-order valence-corrected chi connectivity index (χ3v) is 1.45. The van der Waals surface area contributed by atoms with Gasteiger partial charge in [0, 0.05) is 12.6 Å². The third-order valence-electron chi connectivity index (χ3n) is 1.45. The van der Waals surface area contributed by atoms with Gasteiger partial charge in [-0.15, -0.1) is 0 Å². The predicted molar refractivity (Wildman–Crippen MR) is 33.5 cm³/mol. The Hall–Kier alpha value is -0.860. The van der Waals surface area contributed by atoms with Gasteiger partial charge in [-0.1, -0.05) is 0 Å². The van der Waals surface area contributed by atoms with Gasteiger partial charge in [-0.2, -0.15) is 0 Å². The standard InChI is InChI=1S/C6H6N2O/c1-2-7-3-6-5(1)8-4-9-6/h2,4-6H,1H2. The van der Waals surface area contributed by atoms with E-state index in [1.54, 1.807) is 0 Å². The molecule has 46 valence electrons. The fourth-order valence-corrected chi connectivity index (χ4v) is 0.936. The fourth-order valence-electron chi connectivity index (χ4n) is 0.936. The summed E-state index contributed by atoms with van der Waals surface area (Å²) < 4.78 is 5.04. The molecule has 2 heterocycles. The number of nitrogens with zero attached hydrogens (tertiary/aromatic N) is 2. The van der Waals surface area contributed by atoms with Crippen molar-refractivity contribution < 1.29 is 4.74 Å². The van der Waals surface area contributed by atoms with Crippen LogP contribution in [0.25, 0.3) is 0 Å². The topological polar surface area (TPSA) is 34.0 Å². The van der Waals surface area contributed by atoms with Crippen LogP contribution in [0.1, 0.15) is 6.42 Å². The zero-order valence-electron chi connectivity index (χ0n) is 4.82. The zero-order valence-corrected chi connectivity index (χ0v) is 4.82. The van der Waals surface area contributed by atoms with Crippen molar-refractivity contribution in [1.82, 2.24) is 0 Å². The molecule has 2 aliphatic rings. The number of rotatable bonds is 0. The number of ether oxygens (including phenoxy) is 1. The first-order valence-corrected chi connectivity index (χ1v) is 2.91. The second-order valence-electron chi connectivity index (χ2n) is 2.05. The van der Waals surface area contributed by atoms with Crippen LogP contribution >= 0.6 is 0 Å². The lowest BCUT2D eigenvalue weighted by Gasteiger charge is -2.14. The molecule has 0 aromatic rings. The minimum absolute atomic E-state index is 0.00463. The first-order valence-electron chi connectivity index (χ1n) is 2.91. The Morgan fingerprint density at radius 1 is 1.67 bits per heavy atom. The quantitative estimate of drug-likeness (QED) is 0.455. The summed E-state index contributed by atoms with van der Waals surface area (Å²) in [6, 6.07) is 0.252. The Kier molecular flexibility index (Phi) is 1.01. The molecule has 0 aromatic heterocycles. The van der Waals surface area contributed by atoms with Gasteiger partial charge in [0.2, 0.25) is 0 Å². The van der Waals surface area contributed by atoms with Gasteiger partial charge in [-0.25, -0.2) is 0 Å². The maximum atomic E-state index is 5.04. The van der Waals surface area contributed by atoms with Gasteiger partial charge in [-0.05, 0) is 0 Å². The maximum absolute atomic E-state index is 5.04. The number of hydrogen-bond donors (Lipinski definition) is 0. The highest BCUT2D eigenvalue weighted by molar-refractivity contribution is 5.63. The van der Waals surface area contributed by atoms with Crippen LogP contribution in [0.4, 0.5) is 0 Å². The second kappa shape index (κ2) is 1.83. The van der Waals surface area contributed by atoms with Gasteiger partial charge in [0.1, 0.15) is 0 Å². The summed E-state index contributed by atoms with van der Waals surface area (Å²) >= 11 is 0. The van der Waals surface area contributed by atoms with Crippen LogP contribution in [0, 0.1) is 6.54 Å². The molecule has 0 aromatic carbocycles. The van der Waals surface area contributed by atoms with Crippen molar-refractivity contribution in [3.63, 3.8) is 0 Å². The molecule has 0 spiro atoms. The highest BCUT2D eigenvalue weighted by Gasteiger charge is 2.27. The second-order valence-corrected chi connectivity index (χ2v) is 2.05. The number of hydrogen-bond acceptors (Lipinski definition) is 3. The van der Waals surface area contributed by atoms with E-state index in [-0.39, 0.29) is 12.1 Å². The Morgan fingerprint density at radius 2 is 2.67 bits per heavy atom. The lowest BCUT2D eigenvalue weighted by molar-refractivity contribution is 0.230. The SMILES string of the molecule is [C]1N=CCC2N=COC12. The molecule has 9 heavy (non-hydrogen) atoms. The molecule has 0 fully saturated rings. The average molecular weight is 122 g/mol. The molecule has 0 saturated heterocycles. The van der Waals surface area contributed by atoms with Crippen molar-refractivity contribution in [1.29, 1.82) is 0 Å². The fraction of sp³-hybridized carbons (Fsp3) is 0.500. The van der Waals surface area contributed by atoms with Crippen molar-refractivity contribution >= 4 is 12.6 Å². The molecular weight excluding hydrogens is 116 g/mol. The van der Waals surface area contributed by atoms with E-state index in [0.717, 1.165) is 6.42 Å². The lowest BCUT2D eigenvalue weighted by atomic mass is 10.1. The monoisotopic (exact) mass is 122 g/mol. The molecular formula is C6H6N2O. The van der Waals surface area contributed by atoms with Crippen molar-refractivity contribution in [3.8, 4) is 0 Å². The van der Waals surface area contributed by atoms with Crippen molar-refractivity contribution in [2.45, 2.75) is 18.6 Å². The molecule has 2 radical (unpaired) electrons. The van der Waals surface area contributed by atoms with E-state index in [2.05, 4.69) is 16.5 Å². The van der Waals surface area contributed by atoms with Crippen LogP contribution in [-0.2, 0) is 4.74 Å². The van der Waals surface area contributed by atoms with Crippen LogP contribution < -0.4 is 0 Å².